The van der Waals surface area contributed by atoms with Gasteiger partial charge in [-0.05, 0) is 39.7 Å². The van der Waals surface area contributed by atoms with Crippen LogP contribution < -0.4 is 10.6 Å². The summed E-state index contributed by atoms with van der Waals surface area (Å²) in [5, 5.41) is 6.10. The maximum absolute atomic E-state index is 11.8. The average molecular weight is 256 g/mol. The second-order valence-corrected chi connectivity index (χ2v) is 5.35. The van der Waals surface area contributed by atoms with Crippen molar-refractivity contribution in [1.82, 2.24) is 10.6 Å². The van der Waals surface area contributed by atoms with Gasteiger partial charge in [0, 0.05) is 12.5 Å². The van der Waals surface area contributed by atoms with Gasteiger partial charge < -0.3 is 15.4 Å². The van der Waals surface area contributed by atoms with Crippen molar-refractivity contribution in [2.24, 2.45) is 0 Å². The van der Waals surface area contributed by atoms with Crippen molar-refractivity contribution in [3.63, 3.8) is 0 Å². The minimum atomic E-state index is -0.953. The fourth-order valence-corrected chi connectivity index (χ4v) is 2.19. The molecule has 1 aliphatic rings. The highest BCUT2D eigenvalue weighted by atomic mass is 16.5. The molecule has 0 aliphatic carbocycles. The molecule has 5 heteroatoms. The topological polar surface area (TPSA) is 67.4 Å². The molecule has 1 rings (SSSR count). The predicted molar refractivity (Wildman–Crippen MR) is 69.1 cm³/mol. The highest BCUT2D eigenvalue weighted by Crippen LogP contribution is 2.12. The summed E-state index contributed by atoms with van der Waals surface area (Å²) in [6.45, 7) is 4.34. The largest absolute Gasteiger partial charge is 0.467 e. The maximum Gasteiger partial charge on any atom is 0.330 e. The minimum Gasteiger partial charge on any atom is -0.467 e. The molecule has 2 N–H and O–H groups in total. The van der Waals surface area contributed by atoms with Gasteiger partial charge in [0.1, 0.15) is 5.54 Å². The van der Waals surface area contributed by atoms with E-state index in [4.69, 9.17) is 0 Å². The Morgan fingerprint density at radius 1 is 1.39 bits per heavy atom. The summed E-state index contributed by atoms with van der Waals surface area (Å²) in [4.78, 5) is 23.2. The van der Waals surface area contributed by atoms with Crippen LogP contribution >= 0.6 is 0 Å². The van der Waals surface area contributed by atoms with Crippen molar-refractivity contribution in [3.8, 4) is 0 Å². The predicted octanol–water partition coefficient (Wildman–Crippen LogP) is 0.976. The minimum absolute atomic E-state index is 0.0993. The first-order valence-electron chi connectivity index (χ1n) is 6.58. The molecule has 0 bridgehead atoms. The Balaban J connectivity index is 2.30. The third kappa shape index (κ3) is 4.64. The van der Waals surface area contributed by atoms with Gasteiger partial charge in [-0.1, -0.05) is 6.42 Å². The molecule has 0 saturated carbocycles. The van der Waals surface area contributed by atoms with Crippen molar-refractivity contribution >= 4 is 11.9 Å². The summed E-state index contributed by atoms with van der Waals surface area (Å²) in [5.41, 5.74) is -0.953. The van der Waals surface area contributed by atoms with Crippen molar-refractivity contribution in [2.75, 3.05) is 13.7 Å². The number of amides is 1. The van der Waals surface area contributed by atoms with E-state index in [1.54, 1.807) is 13.8 Å². The molecule has 0 spiro atoms. The molecule has 0 aromatic carbocycles. The maximum atomic E-state index is 11.8. The molecule has 104 valence electrons. The zero-order valence-electron chi connectivity index (χ0n) is 11.5. The van der Waals surface area contributed by atoms with E-state index >= 15 is 0 Å². The number of rotatable bonds is 5. The van der Waals surface area contributed by atoms with Gasteiger partial charge in [-0.2, -0.15) is 0 Å². The summed E-state index contributed by atoms with van der Waals surface area (Å²) in [7, 11) is 1.32. The van der Waals surface area contributed by atoms with Crippen LogP contribution in [-0.2, 0) is 14.3 Å². The van der Waals surface area contributed by atoms with E-state index < -0.39 is 11.5 Å². The van der Waals surface area contributed by atoms with E-state index in [0.717, 1.165) is 19.4 Å². The first kappa shape index (κ1) is 15.0. The van der Waals surface area contributed by atoms with E-state index in [0.29, 0.717) is 12.5 Å². The molecule has 18 heavy (non-hydrogen) atoms. The van der Waals surface area contributed by atoms with E-state index in [2.05, 4.69) is 15.4 Å². The van der Waals surface area contributed by atoms with Gasteiger partial charge in [-0.3, -0.25) is 4.79 Å². The Morgan fingerprint density at radius 2 is 2.11 bits per heavy atom. The van der Waals surface area contributed by atoms with Crippen LogP contribution in [-0.4, -0.2) is 37.1 Å². The molecule has 5 nitrogen and oxygen atoms in total. The molecule has 1 saturated heterocycles. The standard InChI is InChI=1S/C13H24N2O3/c1-13(2,12(17)18-3)15-11(16)8-7-10-6-4-5-9-14-10/h10,14H,4-9H2,1-3H3,(H,15,16). The molecule has 1 atom stereocenters. The van der Waals surface area contributed by atoms with Gasteiger partial charge in [0.25, 0.3) is 0 Å². The third-order valence-corrected chi connectivity index (χ3v) is 3.28. The molecule has 1 fully saturated rings. The third-order valence-electron chi connectivity index (χ3n) is 3.28. The van der Waals surface area contributed by atoms with Crippen LogP contribution in [0.1, 0.15) is 46.0 Å². The summed E-state index contributed by atoms with van der Waals surface area (Å²) >= 11 is 0. The second-order valence-electron chi connectivity index (χ2n) is 5.35. The molecular weight excluding hydrogens is 232 g/mol. The monoisotopic (exact) mass is 256 g/mol. The summed E-state index contributed by atoms with van der Waals surface area (Å²) < 4.78 is 4.64. The zero-order chi connectivity index (χ0) is 13.6. The first-order chi connectivity index (χ1) is 8.45. The van der Waals surface area contributed by atoms with E-state index in [-0.39, 0.29) is 5.91 Å². The number of hydrogen-bond acceptors (Lipinski definition) is 4. The quantitative estimate of drug-likeness (QED) is 0.719. The van der Waals surface area contributed by atoms with Crippen LogP contribution in [0, 0.1) is 0 Å². The lowest BCUT2D eigenvalue weighted by Gasteiger charge is -2.25. The summed E-state index contributed by atoms with van der Waals surface area (Å²) in [5.74, 6) is -0.524. The highest BCUT2D eigenvalue weighted by Gasteiger charge is 2.30. The lowest BCUT2D eigenvalue weighted by Crippen LogP contribution is -2.50. The molecular formula is C13H24N2O3. The Hall–Kier alpha value is -1.10. The van der Waals surface area contributed by atoms with E-state index in [9.17, 15) is 9.59 Å². The zero-order valence-corrected chi connectivity index (χ0v) is 11.5. The lowest BCUT2D eigenvalue weighted by molar-refractivity contribution is -0.149. The smallest absolute Gasteiger partial charge is 0.330 e. The van der Waals surface area contributed by atoms with Gasteiger partial charge in [0.05, 0.1) is 7.11 Å². The fraction of sp³-hybridized carbons (Fsp3) is 0.846. The molecule has 0 aromatic rings. The number of carbonyl (C=O) groups is 2. The van der Waals surface area contributed by atoms with Gasteiger partial charge in [0.2, 0.25) is 5.91 Å². The molecule has 0 aromatic heterocycles. The summed E-state index contributed by atoms with van der Waals surface area (Å²) in [6.07, 6.45) is 4.85. The fourth-order valence-electron chi connectivity index (χ4n) is 2.19. The number of methoxy groups -OCH3 is 1. The van der Waals surface area contributed by atoms with Crippen molar-refractivity contribution in [3.05, 3.63) is 0 Å². The van der Waals surface area contributed by atoms with Crippen LogP contribution in [0.25, 0.3) is 0 Å². The SMILES string of the molecule is COC(=O)C(C)(C)NC(=O)CCC1CCCCN1. The number of ether oxygens (including phenoxy) is 1. The van der Waals surface area contributed by atoms with Crippen LogP contribution in [0.15, 0.2) is 0 Å². The Bertz CT molecular complexity index is 297. The first-order valence-corrected chi connectivity index (χ1v) is 6.58. The van der Waals surface area contributed by atoms with E-state index in [1.165, 1.54) is 20.0 Å². The van der Waals surface area contributed by atoms with Crippen LogP contribution in [0.2, 0.25) is 0 Å². The Labute approximate surface area is 109 Å². The van der Waals surface area contributed by atoms with Crippen LogP contribution in [0.4, 0.5) is 0 Å². The van der Waals surface area contributed by atoms with Crippen LogP contribution in [0.3, 0.4) is 0 Å². The summed E-state index contributed by atoms with van der Waals surface area (Å²) in [6, 6.07) is 0.436. The molecule has 1 aliphatic heterocycles. The number of piperidine rings is 1. The molecule has 1 unspecified atom stereocenters. The normalized spacial score (nSPS) is 20.3. The van der Waals surface area contributed by atoms with Gasteiger partial charge >= 0.3 is 5.97 Å². The highest BCUT2D eigenvalue weighted by molar-refractivity contribution is 5.87. The molecule has 1 heterocycles. The van der Waals surface area contributed by atoms with Gasteiger partial charge in [-0.15, -0.1) is 0 Å². The molecule has 1 amide bonds. The molecule has 0 radical (unpaired) electrons. The number of carbonyl (C=O) groups excluding carboxylic acids is 2. The van der Waals surface area contributed by atoms with Gasteiger partial charge in [0.15, 0.2) is 0 Å². The van der Waals surface area contributed by atoms with E-state index in [1.807, 2.05) is 0 Å². The van der Waals surface area contributed by atoms with Crippen molar-refractivity contribution < 1.29 is 14.3 Å². The van der Waals surface area contributed by atoms with Gasteiger partial charge in [-0.25, -0.2) is 4.79 Å². The van der Waals surface area contributed by atoms with Crippen molar-refractivity contribution in [1.29, 1.82) is 0 Å². The average Bonchev–Trinajstić information content (AvgIpc) is 2.36. The van der Waals surface area contributed by atoms with Crippen molar-refractivity contribution in [2.45, 2.75) is 57.5 Å². The Kier molecular flexibility index (Phi) is 5.59. The number of esters is 1. The van der Waals surface area contributed by atoms with Crippen LogP contribution in [0.5, 0.6) is 0 Å². The Morgan fingerprint density at radius 3 is 2.67 bits per heavy atom. The number of hydrogen-bond donors (Lipinski definition) is 2. The number of nitrogens with one attached hydrogen (secondary N) is 2. The second kappa shape index (κ2) is 6.73. The lowest BCUT2D eigenvalue weighted by atomic mass is 9.99.